The van der Waals surface area contributed by atoms with Crippen LogP contribution in [0.3, 0.4) is 0 Å². The van der Waals surface area contributed by atoms with Crippen LogP contribution in [0.1, 0.15) is 5.56 Å². The molecule has 0 spiro atoms. The van der Waals surface area contributed by atoms with Gasteiger partial charge in [-0.15, -0.1) is 0 Å². The molecule has 0 fully saturated rings. The normalized spacial score (nSPS) is 12.0. The first-order chi connectivity index (χ1) is 6.65. The molecule has 74 valence electrons. The molecule has 1 aromatic carbocycles. The summed E-state index contributed by atoms with van der Waals surface area (Å²) < 4.78 is 15.2. The van der Waals surface area contributed by atoms with Gasteiger partial charge in [0, 0.05) is 10.4 Å². The van der Waals surface area contributed by atoms with Gasteiger partial charge in [-0.25, -0.2) is 8.84 Å². The molecule has 2 rings (SSSR count). The number of benzene rings is 1. The highest BCUT2D eigenvalue weighted by Crippen LogP contribution is 2.33. The Hall–Kier alpha value is 0.0700. The van der Waals surface area contributed by atoms with Crippen LogP contribution in [0.15, 0.2) is 12.3 Å². The standard InChI is InChI=1S/C8H6ClFIN2P/c1-4-5-3-12-13(14-11)8(5)7(10)2-6(4)9/h2-3,14H,1H3. The summed E-state index contributed by atoms with van der Waals surface area (Å²) in [7, 11) is 0. The first kappa shape index (κ1) is 10.6. The zero-order valence-corrected chi connectivity index (χ0v) is 11.1. The fourth-order valence-electron chi connectivity index (χ4n) is 1.33. The highest BCUT2D eigenvalue weighted by molar-refractivity contribution is 14.2. The number of hydrogen-bond acceptors (Lipinski definition) is 1. The Kier molecular flexibility index (Phi) is 2.96. The fourth-order valence-corrected chi connectivity index (χ4v) is 3.04. The van der Waals surface area contributed by atoms with Gasteiger partial charge in [-0.2, -0.15) is 5.10 Å². The summed E-state index contributed by atoms with van der Waals surface area (Å²) in [4.78, 5) is 0. The number of fused-ring (bicyclic) bond motifs is 1. The quantitative estimate of drug-likeness (QED) is 0.567. The first-order valence-electron chi connectivity index (χ1n) is 3.84. The van der Waals surface area contributed by atoms with Crippen LogP contribution in [0.5, 0.6) is 0 Å². The van der Waals surface area contributed by atoms with E-state index in [0.717, 1.165) is 10.9 Å². The van der Waals surface area contributed by atoms with Gasteiger partial charge < -0.3 is 0 Å². The molecule has 1 atom stereocenters. The molecule has 0 radical (unpaired) electrons. The van der Waals surface area contributed by atoms with Crippen molar-refractivity contribution in [2.45, 2.75) is 6.92 Å². The predicted octanol–water partition coefficient (Wildman–Crippen LogP) is 3.93. The number of hydrogen-bond donors (Lipinski definition) is 0. The highest BCUT2D eigenvalue weighted by atomic mass is 127. The number of nitrogens with zero attached hydrogens (tertiary/aromatic N) is 2. The Morgan fingerprint density at radius 1 is 1.64 bits per heavy atom. The Labute approximate surface area is 100 Å². The van der Waals surface area contributed by atoms with Crippen LogP contribution in [-0.2, 0) is 0 Å². The SMILES string of the molecule is Cc1c(Cl)cc(F)c2c1cnn2PI. The highest BCUT2D eigenvalue weighted by Gasteiger charge is 2.12. The second-order valence-corrected chi connectivity index (χ2v) is 5.32. The Bertz CT molecular complexity index is 500. The summed E-state index contributed by atoms with van der Waals surface area (Å²) >= 11 is 8.03. The molecule has 0 saturated carbocycles. The average molecular weight is 342 g/mol. The summed E-state index contributed by atoms with van der Waals surface area (Å²) in [5.74, 6) is -0.308. The van der Waals surface area contributed by atoms with Crippen molar-refractivity contribution in [2.24, 2.45) is 0 Å². The van der Waals surface area contributed by atoms with Gasteiger partial charge in [0.05, 0.1) is 12.6 Å². The van der Waals surface area contributed by atoms with Gasteiger partial charge in [-0.1, -0.05) is 11.6 Å². The minimum absolute atomic E-state index is 0.308. The zero-order chi connectivity index (χ0) is 10.3. The van der Waals surface area contributed by atoms with Crippen molar-refractivity contribution >= 4 is 50.9 Å². The lowest BCUT2D eigenvalue weighted by Crippen LogP contribution is -1.88. The van der Waals surface area contributed by atoms with E-state index in [0.29, 0.717) is 16.9 Å². The fraction of sp³-hybridized carbons (Fsp3) is 0.125. The summed E-state index contributed by atoms with van der Waals surface area (Å²) in [5, 5.41) is 5.34. The number of aryl methyl sites for hydroxylation is 1. The monoisotopic (exact) mass is 342 g/mol. The van der Waals surface area contributed by atoms with Gasteiger partial charge in [0.1, 0.15) is 5.52 Å². The summed E-state index contributed by atoms with van der Waals surface area (Å²) in [6.07, 6.45) is 2.05. The van der Waals surface area contributed by atoms with Crippen LogP contribution in [0, 0.1) is 12.7 Å². The molecule has 1 heterocycles. The smallest absolute Gasteiger partial charge is 0.150 e. The molecule has 14 heavy (non-hydrogen) atoms. The lowest BCUT2D eigenvalue weighted by molar-refractivity contribution is 0.634. The van der Waals surface area contributed by atoms with Crippen molar-refractivity contribution < 1.29 is 4.39 Å². The third-order valence-corrected chi connectivity index (χ3v) is 4.35. The number of rotatable bonds is 1. The maximum Gasteiger partial charge on any atom is 0.150 e. The molecule has 0 aliphatic carbocycles. The average Bonchev–Trinajstić information content (AvgIpc) is 2.58. The molecule has 0 saturated heterocycles. The van der Waals surface area contributed by atoms with Crippen LogP contribution in [0.2, 0.25) is 5.02 Å². The van der Waals surface area contributed by atoms with E-state index in [1.807, 2.05) is 6.92 Å². The van der Waals surface area contributed by atoms with Crippen LogP contribution >= 0.6 is 40.0 Å². The van der Waals surface area contributed by atoms with Crippen LogP contribution < -0.4 is 0 Å². The van der Waals surface area contributed by atoms with Crippen molar-refractivity contribution in [1.29, 1.82) is 0 Å². The molecule has 0 bridgehead atoms. The molecule has 0 amide bonds. The van der Waals surface area contributed by atoms with Crippen LogP contribution in [-0.4, -0.2) is 9.55 Å². The van der Waals surface area contributed by atoms with Crippen molar-refractivity contribution in [1.82, 2.24) is 9.55 Å². The largest absolute Gasteiger partial charge is 0.234 e. The predicted molar refractivity (Wildman–Crippen MR) is 67.2 cm³/mol. The third kappa shape index (κ3) is 1.53. The van der Waals surface area contributed by atoms with Gasteiger partial charge in [0.15, 0.2) is 5.82 Å². The molecular weight excluding hydrogens is 336 g/mol. The zero-order valence-electron chi connectivity index (χ0n) is 7.18. The molecule has 0 N–H and O–H groups in total. The van der Waals surface area contributed by atoms with Gasteiger partial charge in [-0.05, 0) is 40.6 Å². The van der Waals surface area contributed by atoms with E-state index in [1.54, 1.807) is 10.6 Å². The van der Waals surface area contributed by atoms with E-state index in [-0.39, 0.29) is 5.82 Å². The third-order valence-electron chi connectivity index (χ3n) is 2.09. The van der Waals surface area contributed by atoms with Gasteiger partial charge in [-0.3, -0.25) is 0 Å². The first-order valence-corrected chi connectivity index (χ1v) is 8.28. The van der Waals surface area contributed by atoms with Gasteiger partial charge in [0.2, 0.25) is 0 Å². The second-order valence-electron chi connectivity index (χ2n) is 2.87. The maximum atomic E-state index is 13.6. The molecule has 1 unspecified atom stereocenters. The van der Waals surface area contributed by atoms with Gasteiger partial charge in [0.25, 0.3) is 0 Å². The molecule has 0 aliphatic heterocycles. The topological polar surface area (TPSA) is 17.8 Å². The molecular formula is C8H6ClFIN2P. The van der Waals surface area contributed by atoms with Crippen LogP contribution in [0.4, 0.5) is 4.39 Å². The van der Waals surface area contributed by atoms with E-state index in [2.05, 4.69) is 27.1 Å². The molecule has 0 aliphatic rings. The van der Waals surface area contributed by atoms with E-state index in [1.165, 1.54) is 6.07 Å². The van der Waals surface area contributed by atoms with E-state index < -0.39 is 0 Å². The second kappa shape index (κ2) is 3.91. The molecule has 6 heteroatoms. The van der Waals surface area contributed by atoms with Crippen molar-refractivity contribution in [3.63, 3.8) is 0 Å². The maximum absolute atomic E-state index is 13.6. The van der Waals surface area contributed by atoms with Crippen LogP contribution in [0.25, 0.3) is 10.9 Å². The lowest BCUT2D eigenvalue weighted by Gasteiger charge is -2.02. The summed E-state index contributed by atoms with van der Waals surface area (Å²) in [6.45, 7) is 1.87. The van der Waals surface area contributed by atoms with Gasteiger partial charge >= 0.3 is 0 Å². The minimum Gasteiger partial charge on any atom is -0.234 e. The van der Waals surface area contributed by atoms with Crippen molar-refractivity contribution in [2.75, 3.05) is 0 Å². The van der Waals surface area contributed by atoms with Crippen molar-refractivity contribution in [3.05, 3.63) is 28.7 Å². The van der Waals surface area contributed by atoms with E-state index >= 15 is 0 Å². The van der Waals surface area contributed by atoms with E-state index in [9.17, 15) is 4.39 Å². The molecule has 2 nitrogen and oxygen atoms in total. The number of halogens is 3. The summed E-state index contributed by atoms with van der Waals surface area (Å²) in [5.41, 5.74) is 1.42. The Balaban J connectivity index is 2.90. The lowest BCUT2D eigenvalue weighted by atomic mass is 10.1. The van der Waals surface area contributed by atoms with E-state index in [4.69, 9.17) is 11.6 Å². The Morgan fingerprint density at radius 2 is 2.36 bits per heavy atom. The molecule has 1 aromatic heterocycles. The Morgan fingerprint density at radius 3 is 3.00 bits per heavy atom. The summed E-state index contributed by atoms with van der Waals surface area (Å²) in [6, 6.07) is 1.34. The minimum atomic E-state index is -0.308. The van der Waals surface area contributed by atoms with Crippen molar-refractivity contribution in [3.8, 4) is 0 Å². The molecule has 2 aromatic rings. The number of aromatic nitrogens is 2.